The Morgan fingerprint density at radius 3 is 3.00 bits per heavy atom. The lowest BCUT2D eigenvalue weighted by Gasteiger charge is -2.39. The van der Waals surface area contributed by atoms with Crippen molar-refractivity contribution >= 4 is 6.09 Å². The maximum atomic E-state index is 12.7. The largest absolute Gasteiger partial charge is 0.449 e. The summed E-state index contributed by atoms with van der Waals surface area (Å²) in [5, 5.41) is 2.84. The molecule has 2 aliphatic heterocycles. The summed E-state index contributed by atoms with van der Waals surface area (Å²) >= 11 is 0. The first-order chi connectivity index (χ1) is 13.2. The SMILES string of the molecule is CC(C)COC(=O)NC1COC2(CCCN(Cc3ncc(C(F)(F)F)[nH]3)C2)C1. The number of aromatic nitrogens is 2. The van der Waals surface area contributed by atoms with Gasteiger partial charge in [-0.05, 0) is 25.3 Å². The molecule has 158 valence electrons. The lowest BCUT2D eigenvalue weighted by molar-refractivity contribution is -0.141. The smallest absolute Gasteiger partial charge is 0.432 e. The molecule has 1 amide bonds. The van der Waals surface area contributed by atoms with Gasteiger partial charge in [-0.25, -0.2) is 9.78 Å². The Morgan fingerprint density at radius 1 is 1.54 bits per heavy atom. The lowest BCUT2D eigenvalue weighted by atomic mass is 9.88. The van der Waals surface area contributed by atoms with Gasteiger partial charge >= 0.3 is 12.3 Å². The predicted molar refractivity (Wildman–Crippen MR) is 94.5 cm³/mol. The topological polar surface area (TPSA) is 79.5 Å². The number of nitrogens with one attached hydrogen (secondary N) is 2. The summed E-state index contributed by atoms with van der Waals surface area (Å²) in [6, 6.07) is -0.125. The quantitative estimate of drug-likeness (QED) is 0.789. The fourth-order valence-corrected chi connectivity index (χ4v) is 3.80. The Labute approximate surface area is 162 Å². The summed E-state index contributed by atoms with van der Waals surface area (Å²) < 4.78 is 49.3. The molecule has 10 heteroatoms. The van der Waals surface area contributed by atoms with Crippen molar-refractivity contribution in [3.8, 4) is 0 Å². The Bertz CT molecular complexity index is 679. The summed E-state index contributed by atoms with van der Waals surface area (Å²) in [7, 11) is 0. The van der Waals surface area contributed by atoms with Crippen LogP contribution in [0.4, 0.5) is 18.0 Å². The molecule has 7 nitrogen and oxygen atoms in total. The number of hydrogen-bond acceptors (Lipinski definition) is 5. The van der Waals surface area contributed by atoms with Crippen LogP contribution in [0.15, 0.2) is 6.20 Å². The molecule has 0 aromatic carbocycles. The predicted octanol–water partition coefficient (Wildman–Crippen LogP) is 2.93. The van der Waals surface area contributed by atoms with Gasteiger partial charge in [-0.15, -0.1) is 0 Å². The zero-order valence-corrected chi connectivity index (χ0v) is 16.1. The Kier molecular flexibility index (Phi) is 6.18. The third-order valence-corrected chi connectivity index (χ3v) is 5.00. The van der Waals surface area contributed by atoms with Crippen LogP contribution in [0.5, 0.6) is 0 Å². The van der Waals surface area contributed by atoms with Gasteiger partial charge in [-0.2, -0.15) is 13.2 Å². The second-order valence-corrected chi connectivity index (χ2v) is 8.09. The number of carbonyl (C=O) groups is 1. The van der Waals surface area contributed by atoms with Crippen molar-refractivity contribution in [2.45, 2.75) is 57.5 Å². The number of amides is 1. The van der Waals surface area contributed by atoms with E-state index >= 15 is 0 Å². The van der Waals surface area contributed by atoms with Crippen LogP contribution in [0.25, 0.3) is 0 Å². The number of H-pyrrole nitrogens is 1. The van der Waals surface area contributed by atoms with Crippen LogP contribution in [0.2, 0.25) is 0 Å². The molecule has 3 rings (SSSR count). The molecule has 2 saturated heterocycles. The molecule has 2 N–H and O–H groups in total. The van der Waals surface area contributed by atoms with E-state index in [-0.39, 0.29) is 17.8 Å². The van der Waals surface area contributed by atoms with Crippen LogP contribution in [0, 0.1) is 5.92 Å². The number of alkyl carbamates (subject to hydrolysis) is 1. The molecule has 2 unspecified atom stereocenters. The van der Waals surface area contributed by atoms with Crippen LogP contribution in [-0.2, 0) is 22.2 Å². The number of imidazole rings is 1. The number of aromatic amines is 1. The fraction of sp³-hybridized carbons (Fsp3) is 0.778. The van der Waals surface area contributed by atoms with E-state index in [2.05, 4.69) is 15.3 Å². The summed E-state index contributed by atoms with van der Waals surface area (Å²) in [6.45, 7) is 6.36. The van der Waals surface area contributed by atoms with E-state index in [0.29, 0.717) is 32.7 Å². The maximum absolute atomic E-state index is 12.7. The second kappa shape index (κ2) is 8.28. The van der Waals surface area contributed by atoms with E-state index < -0.39 is 23.6 Å². The number of hydrogen-bond donors (Lipinski definition) is 2. The Balaban J connectivity index is 1.52. The third-order valence-electron chi connectivity index (χ3n) is 5.00. The normalized spacial score (nSPS) is 26.1. The molecular weight excluding hydrogens is 377 g/mol. The lowest BCUT2D eigenvalue weighted by Crippen LogP contribution is -2.48. The first-order valence-electron chi connectivity index (χ1n) is 9.56. The van der Waals surface area contributed by atoms with E-state index in [9.17, 15) is 18.0 Å². The van der Waals surface area contributed by atoms with Gasteiger partial charge in [0, 0.05) is 13.0 Å². The van der Waals surface area contributed by atoms with E-state index in [0.717, 1.165) is 25.6 Å². The summed E-state index contributed by atoms with van der Waals surface area (Å²) in [5.41, 5.74) is -1.23. The molecule has 1 aromatic heterocycles. The van der Waals surface area contributed by atoms with Gasteiger partial charge in [0.25, 0.3) is 0 Å². The highest BCUT2D eigenvalue weighted by Crippen LogP contribution is 2.35. The van der Waals surface area contributed by atoms with Gasteiger partial charge in [0.05, 0.1) is 37.6 Å². The number of ether oxygens (including phenoxy) is 2. The zero-order valence-electron chi connectivity index (χ0n) is 16.1. The van der Waals surface area contributed by atoms with Crippen molar-refractivity contribution in [1.29, 1.82) is 0 Å². The standard InChI is InChI=1S/C18H27F3N4O3/c1-12(2)9-27-16(26)23-13-6-17(28-10-13)4-3-5-25(11-17)8-15-22-7-14(24-15)18(19,20)21/h7,12-13H,3-6,8-11H2,1-2H3,(H,22,24)(H,23,26). The fourth-order valence-electron chi connectivity index (χ4n) is 3.80. The van der Waals surface area contributed by atoms with Crippen LogP contribution >= 0.6 is 0 Å². The van der Waals surface area contributed by atoms with E-state index in [1.807, 2.05) is 18.7 Å². The van der Waals surface area contributed by atoms with Crippen molar-refractivity contribution in [3.63, 3.8) is 0 Å². The van der Waals surface area contributed by atoms with Crippen LogP contribution < -0.4 is 5.32 Å². The van der Waals surface area contributed by atoms with Crippen molar-refractivity contribution < 1.29 is 27.4 Å². The summed E-state index contributed by atoms with van der Waals surface area (Å²) in [4.78, 5) is 20.1. The van der Waals surface area contributed by atoms with Crippen LogP contribution in [0.1, 0.15) is 44.6 Å². The number of rotatable bonds is 5. The highest BCUT2D eigenvalue weighted by atomic mass is 19.4. The van der Waals surface area contributed by atoms with E-state index in [4.69, 9.17) is 9.47 Å². The molecule has 2 atom stereocenters. The number of nitrogens with zero attached hydrogens (tertiary/aromatic N) is 2. The first-order valence-corrected chi connectivity index (χ1v) is 9.56. The van der Waals surface area contributed by atoms with Crippen molar-refractivity contribution in [2.75, 3.05) is 26.3 Å². The summed E-state index contributed by atoms with van der Waals surface area (Å²) in [6.07, 6.45) is -1.66. The molecule has 0 bridgehead atoms. The van der Waals surface area contributed by atoms with Crippen molar-refractivity contribution in [3.05, 3.63) is 17.7 Å². The van der Waals surface area contributed by atoms with Crippen molar-refractivity contribution in [1.82, 2.24) is 20.2 Å². The average Bonchev–Trinajstić information content (AvgIpc) is 3.21. The summed E-state index contributed by atoms with van der Waals surface area (Å²) in [5.74, 6) is 0.553. The van der Waals surface area contributed by atoms with E-state index in [1.165, 1.54) is 0 Å². The maximum Gasteiger partial charge on any atom is 0.432 e. The monoisotopic (exact) mass is 404 g/mol. The molecule has 1 spiro atoms. The number of piperidine rings is 1. The molecule has 0 saturated carbocycles. The van der Waals surface area contributed by atoms with Gasteiger partial charge in [0.1, 0.15) is 11.5 Å². The molecular formula is C18H27F3N4O3. The molecule has 28 heavy (non-hydrogen) atoms. The van der Waals surface area contributed by atoms with Gasteiger partial charge in [-0.3, -0.25) is 4.90 Å². The van der Waals surface area contributed by atoms with Crippen LogP contribution in [0.3, 0.4) is 0 Å². The second-order valence-electron chi connectivity index (χ2n) is 8.09. The highest BCUT2D eigenvalue weighted by molar-refractivity contribution is 5.67. The number of carbonyl (C=O) groups excluding carboxylic acids is 1. The minimum Gasteiger partial charge on any atom is -0.449 e. The van der Waals surface area contributed by atoms with Gasteiger partial charge < -0.3 is 19.8 Å². The highest BCUT2D eigenvalue weighted by Gasteiger charge is 2.44. The minimum absolute atomic E-state index is 0.125. The molecule has 1 aromatic rings. The molecule has 0 radical (unpaired) electrons. The molecule has 2 aliphatic rings. The molecule has 2 fully saturated rings. The minimum atomic E-state index is -4.42. The van der Waals surface area contributed by atoms with Gasteiger partial charge in [0.15, 0.2) is 0 Å². The number of halogens is 3. The Morgan fingerprint density at radius 2 is 2.32 bits per heavy atom. The van der Waals surface area contributed by atoms with Crippen molar-refractivity contribution in [2.24, 2.45) is 5.92 Å². The molecule has 3 heterocycles. The third kappa shape index (κ3) is 5.38. The number of likely N-dealkylation sites (tertiary alicyclic amines) is 1. The van der Waals surface area contributed by atoms with Gasteiger partial charge in [-0.1, -0.05) is 13.8 Å². The van der Waals surface area contributed by atoms with Crippen LogP contribution in [-0.4, -0.2) is 58.9 Å². The average molecular weight is 404 g/mol. The Hall–Kier alpha value is -1.81. The zero-order chi connectivity index (χ0) is 20.4. The number of alkyl halides is 3. The van der Waals surface area contributed by atoms with Gasteiger partial charge in [0.2, 0.25) is 0 Å². The first kappa shape index (κ1) is 20.9. The molecule has 0 aliphatic carbocycles. The van der Waals surface area contributed by atoms with E-state index in [1.54, 1.807) is 0 Å².